The van der Waals surface area contributed by atoms with Gasteiger partial charge in [-0.3, -0.25) is 19.6 Å². The zero-order chi connectivity index (χ0) is 26.7. The number of nitrogens with one attached hydrogen (secondary N) is 3. The van der Waals surface area contributed by atoms with Crippen molar-refractivity contribution in [2.24, 2.45) is 0 Å². The summed E-state index contributed by atoms with van der Waals surface area (Å²) >= 11 is 6.04. The highest BCUT2D eigenvalue weighted by molar-refractivity contribution is 6.34. The lowest BCUT2D eigenvalue weighted by molar-refractivity contribution is -0.131. The maximum Gasteiger partial charge on any atom is 0.410 e. The fraction of sp³-hybridized carbons (Fsp3) is 0.423. The Hall–Kier alpha value is -3.66. The van der Waals surface area contributed by atoms with Gasteiger partial charge in [0.05, 0.1) is 5.39 Å². The van der Waals surface area contributed by atoms with E-state index in [0.717, 1.165) is 11.1 Å². The third-order valence-electron chi connectivity index (χ3n) is 6.15. The van der Waals surface area contributed by atoms with E-state index < -0.39 is 29.7 Å². The van der Waals surface area contributed by atoms with E-state index in [1.165, 1.54) is 4.90 Å². The minimum Gasteiger partial charge on any atom is -0.444 e. The molecule has 1 aliphatic rings. The van der Waals surface area contributed by atoms with Gasteiger partial charge >= 0.3 is 6.09 Å². The van der Waals surface area contributed by atoms with Gasteiger partial charge in [-0.2, -0.15) is 5.10 Å². The van der Waals surface area contributed by atoms with Crippen molar-refractivity contribution in [2.75, 3.05) is 6.54 Å². The second-order valence-electron chi connectivity index (χ2n) is 10.2. The third-order valence-corrected chi connectivity index (χ3v) is 6.44. The van der Waals surface area contributed by atoms with Crippen LogP contribution >= 0.6 is 11.6 Å². The van der Waals surface area contributed by atoms with Gasteiger partial charge in [-0.15, -0.1) is 0 Å². The molecule has 0 aliphatic carbocycles. The number of benzene rings is 1. The van der Waals surface area contributed by atoms with E-state index in [2.05, 4.69) is 25.8 Å². The number of likely N-dealkylation sites (tertiary alicyclic amines) is 1. The molecule has 3 aromatic rings. The van der Waals surface area contributed by atoms with E-state index in [1.807, 2.05) is 30.3 Å². The van der Waals surface area contributed by atoms with Crippen molar-refractivity contribution >= 4 is 40.5 Å². The minimum absolute atomic E-state index is 0.0224. The first kappa shape index (κ1) is 26.4. The average molecular weight is 527 g/mol. The van der Waals surface area contributed by atoms with E-state index >= 15 is 0 Å². The Kier molecular flexibility index (Phi) is 7.68. The molecule has 3 heterocycles. The molecule has 1 saturated heterocycles. The van der Waals surface area contributed by atoms with E-state index in [-0.39, 0.29) is 18.4 Å². The number of nitrogens with zero attached hydrogens (tertiary/aromatic N) is 3. The Bertz CT molecular complexity index is 1290. The van der Waals surface area contributed by atoms with Gasteiger partial charge in [0.1, 0.15) is 17.7 Å². The Labute approximate surface area is 220 Å². The van der Waals surface area contributed by atoms with Crippen LogP contribution in [-0.2, 0) is 20.9 Å². The Balaban J connectivity index is 1.40. The number of aromatic amines is 1. The highest BCUT2D eigenvalue weighted by Crippen LogP contribution is 2.33. The number of carbonyl (C=O) groups excluding carboxylic acids is 3. The van der Waals surface area contributed by atoms with Crippen LogP contribution in [0.4, 0.5) is 4.79 Å². The number of ether oxygens (including phenoxy) is 1. The molecule has 3 N–H and O–H groups in total. The first-order valence-electron chi connectivity index (χ1n) is 12.1. The van der Waals surface area contributed by atoms with Crippen LogP contribution in [0.25, 0.3) is 11.0 Å². The van der Waals surface area contributed by atoms with Crippen LogP contribution in [0, 0.1) is 0 Å². The van der Waals surface area contributed by atoms with Crippen LogP contribution in [0.3, 0.4) is 0 Å². The van der Waals surface area contributed by atoms with Crippen LogP contribution in [0.15, 0.2) is 42.6 Å². The number of amides is 3. The van der Waals surface area contributed by atoms with E-state index in [9.17, 15) is 14.4 Å². The summed E-state index contributed by atoms with van der Waals surface area (Å²) in [4.78, 5) is 44.7. The summed E-state index contributed by atoms with van der Waals surface area (Å²) in [5, 5.41) is 13.1. The molecule has 2 aromatic heterocycles. The van der Waals surface area contributed by atoms with Crippen LogP contribution in [0.1, 0.15) is 51.2 Å². The fourth-order valence-corrected chi connectivity index (χ4v) is 4.49. The molecule has 0 spiro atoms. The summed E-state index contributed by atoms with van der Waals surface area (Å²) in [6, 6.07) is 9.96. The summed E-state index contributed by atoms with van der Waals surface area (Å²) in [7, 11) is 0. The Morgan fingerprint density at radius 3 is 2.68 bits per heavy atom. The smallest absolute Gasteiger partial charge is 0.410 e. The first-order valence-corrected chi connectivity index (χ1v) is 12.5. The number of fused-ring (bicyclic) bond motifs is 1. The van der Waals surface area contributed by atoms with Gasteiger partial charge < -0.3 is 15.4 Å². The van der Waals surface area contributed by atoms with E-state index in [4.69, 9.17) is 16.3 Å². The Morgan fingerprint density at radius 2 is 1.97 bits per heavy atom. The molecule has 4 rings (SSSR count). The lowest BCUT2D eigenvalue weighted by Crippen LogP contribution is -2.52. The molecule has 0 bridgehead atoms. The van der Waals surface area contributed by atoms with E-state index in [1.54, 1.807) is 40.0 Å². The quantitative estimate of drug-likeness (QED) is 0.450. The third kappa shape index (κ3) is 6.37. The summed E-state index contributed by atoms with van der Waals surface area (Å²) in [6.45, 7) is 7.50. The summed E-state index contributed by atoms with van der Waals surface area (Å²) in [6.07, 6.45) is 1.49. The molecule has 0 saturated carbocycles. The second kappa shape index (κ2) is 10.8. The number of carbonyl (C=O) groups is 3. The van der Waals surface area contributed by atoms with Gasteiger partial charge in [-0.25, -0.2) is 9.78 Å². The molecule has 0 radical (unpaired) electrons. The van der Waals surface area contributed by atoms with Gasteiger partial charge in [0, 0.05) is 25.2 Å². The largest absolute Gasteiger partial charge is 0.444 e. The molecular weight excluding hydrogens is 496 g/mol. The maximum atomic E-state index is 13.3. The topological polar surface area (TPSA) is 129 Å². The molecule has 3 amide bonds. The van der Waals surface area contributed by atoms with Crippen LogP contribution < -0.4 is 10.6 Å². The predicted molar refractivity (Wildman–Crippen MR) is 139 cm³/mol. The number of halogens is 1. The zero-order valence-electron chi connectivity index (χ0n) is 21.2. The summed E-state index contributed by atoms with van der Waals surface area (Å²) in [5.41, 5.74) is 1.63. The van der Waals surface area contributed by atoms with Gasteiger partial charge in [-0.1, -0.05) is 41.9 Å². The normalized spacial score (nSPS) is 18.5. The minimum atomic E-state index is -0.821. The monoisotopic (exact) mass is 526 g/mol. The molecular formula is C26H31ClN6O4. The fourth-order valence-electron chi connectivity index (χ4n) is 4.30. The van der Waals surface area contributed by atoms with Crippen molar-refractivity contribution in [1.82, 2.24) is 30.7 Å². The molecule has 3 atom stereocenters. The lowest BCUT2D eigenvalue weighted by atomic mass is 9.96. The number of pyridine rings is 1. The molecule has 1 aromatic carbocycles. The van der Waals surface area contributed by atoms with Crippen LogP contribution in [0.5, 0.6) is 0 Å². The van der Waals surface area contributed by atoms with Crippen molar-refractivity contribution in [1.29, 1.82) is 0 Å². The second-order valence-corrected chi connectivity index (χ2v) is 10.6. The molecule has 1 fully saturated rings. The standard InChI is InChI=1S/C26H31ClN6O4/c1-15(23(34)29-13-16-10-19-21(27)31-32-22(19)28-12-16)30-24(35)20-11-18(17-8-6-5-7-9-17)14-33(20)25(36)37-26(2,3)4/h5-10,12,15,18,20H,11,13-14H2,1-4H3,(H,29,34)(H,30,35)(H,28,31,32)/t15-,18-,20+/m0/s1. The number of aromatic nitrogens is 3. The molecule has 1 aliphatic heterocycles. The van der Waals surface area contributed by atoms with E-state index in [0.29, 0.717) is 29.2 Å². The highest BCUT2D eigenvalue weighted by Gasteiger charge is 2.42. The Morgan fingerprint density at radius 1 is 1.24 bits per heavy atom. The first-order chi connectivity index (χ1) is 17.5. The summed E-state index contributed by atoms with van der Waals surface area (Å²) < 4.78 is 5.57. The van der Waals surface area contributed by atoms with Gasteiger partial charge in [0.2, 0.25) is 11.8 Å². The predicted octanol–water partition coefficient (Wildman–Crippen LogP) is 3.53. The van der Waals surface area contributed by atoms with Gasteiger partial charge in [-0.05, 0) is 51.3 Å². The maximum absolute atomic E-state index is 13.3. The average Bonchev–Trinajstić information content (AvgIpc) is 3.46. The SMILES string of the molecule is C[C@H](NC(=O)[C@H]1C[C@H](c2ccccc2)CN1C(=O)OC(C)(C)C)C(=O)NCc1cnc2[nH]nc(Cl)c2c1. The molecule has 10 nitrogen and oxygen atoms in total. The highest BCUT2D eigenvalue weighted by atomic mass is 35.5. The zero-order valence-corrected chi connectivity index (χ0v) is 22.0. The molecule has 0 unspecified atom stereocenters. The van der Waals surface area contributed by atoms with Crippen molar-refractivity contribution in [3.8, 4) is 0 Å². The molecule has 37 heavy (non-hydrogen) atoms. The number of rotatable bonds is 6. The number of H-pyrrole nitrogens is 1. The lowest BCUT2D eigenvalue weighted by Gasteiger charge is -2.28. The number of hydrogen-bond donors (Lipinski definition) is 3. The van der Waals surface area contributed by atoms with Gasteiger partial charge in [0.25, 0.3) is 0 Å². The van der Waals surface area contributed by atoms with Crippen molar-refractivity contribution in [3.05, 3.63) is 58.9 Å². The van der Waals surface area contributed by atoms with Crippen LogP contribution in [-0.4, -0.2) is 62.2 Å². The van der Waals surface area contributed by atoms with Crippen molar-refractivity contribution in [3.63, 3.8) is 0 Å². The number of hydrogen-bond acceptors (Lipinski definition) is 6. The van der Waals surface area contributed by atoms with Crippen molar-refractivity contribution < 1.29 is 19.1 Å². The van der Waals surface area contributed by atoms with Gasteiger partial charge in [0.15, 0.2) is 10.8 Å². The van der Waals surface area contributed by atoms with Crippen molar-refractivity contribution in [2.45, 2.75) is 64.3 Å². The molecule has 196 valence electrons. The van der Waals surface area contributed by atoms with Crippen LogP contribution in [0.2, 0.25) is 5.15 Å². The molecule has 11 heteroatoms. The summed E-state index contributed by atoms with van der Waals surface area (Å²) in [5.74, 6) is -0.792.